The third kappa shape index (κ3) is 2.69. The van der Waals surface area contributed by atoms with Gasteiger partial charge in [0.25, 0.3) is 0 Å². The minimum atomic E-state index is 0.253. The lowest BCUT2D eigenvalue weighted by Crippen LogP contribution is -2.52. The standard InChI is InChI=1S/C10H21N3O/c1-3-13-10(14)5-4-6-12(13)8-9(2)7-11/h9H,3-8,11H2,1-2H3. The molecule has 0 aromatic carbocycles. The van der Waals surface area contributed by atoms with Crippen molar-refractivity contribution >= 4 is 5.91 Å². The molecule has 1 amide bonds. The Hall–Kier alpha value is -0.610. The van der Waals surface area contributed by atoms with Gasteiger partial charge in [-0.05, 0) is 25.8 Å². The minimum Gasteiger partial charge on any atom is -0.330 e. The molecule has 2 N–H and O–H groups in total. The number of nitrogens with two attached hydrogens (primary N) is 1. The van der Waals surface area contributed by atoms with E-state index >= 15 is 0 Å². The first-order valence-electron chi connectivity index (χ1n) is 5.44. The topological polar surface area (TPSA) is 49.6 Å². The van der Waals surface area contributed by atoms with Crippen LogP contribution in [-0.2, 0) is 4.79 Å². The van der Waals surface area contributed by atoms with E-state index in [0.29, 0.717) is 18.9 Å². The molecule has 1 saturated heterocycles. The summed E-state index contributed by atoms with van der Waals surface area (Å²) in [5.41, 5.74) is 5.58. The first kappa shape index (κ1) is 11.5. The zero-order valence-corrected chi connectivity index (χ0v) is 9.20. The lowest BCUT2D eigenvalue weighted by Gasteiger charge is -2.39. The second kappa shape index (κ2) is 5.32. The van der Waals surface area contributed by atoms with Crippen molar-refractivity contribution in [3.05, 3.63) is 0 Å². The van der Waals surface area contributed by atoms with Crippen molar-refractivity contribution in [3.63, 3.8) is 0 Å². The van der Waals surface area contributed by atoms with Crippen molar-refractivity contribution in [2.75, 3.05) is 26.2 Å². The van der Waals surface area contributed by atoms with Crippen LogP contribution >= 0.6 is 0 Å². The Morgan fingerprint density at radius 3 is 2.86 bits per heavy atom. The SMILES string of the molecule is CCN1C(=O)CCCN1CC(C)CN. The van der Waals surface area contributed by atoms with Gasteiger partial charge >= 0.3 is 0 Å². The summed E-state index contributed by atoms with van der Waals surface area (Å²) < 4.78 is 0. The number of carbonyl (C=O) groups excluding carboxylic acids is 1. The smallest absolute Gasteiger partial charge is 0.236 e. The van der Waals surface area contributed by atoms with Crippen molar-refractivity contribution in [2.45, 2.75) is 26.7 Å². The van der Waals surface area contributed by atoms with Gasteiger partial charge in [-0.2, -0.15) is 0 Å². The molecule has 0 spiro atoms. The Labute approximate surface area is 86.0 Å². The highest BCUT2D eigenvalue weighted by atomic mass is 16.2. The normalized spacial score (nSPS) is 21.4. The molecule has 0 bridgehead atoms. The lowest BCUT2D eigenvalue weighted by atomic mass is 10.1. The van der Waals surface area contributed by atoms with Crippen LogP contribution < -0.4 is 5.73 Å². The van der Waals surface area contributed by atoms with Gasteiger partial charge in [-0.15, -0.1) is 0 Å². The zero-order chi connectivity index (χ0) is 10.6. The Bertz CT molecular complexity index is 196. The predicted octanol–water partition coefficient (Wildman–Crippen LogP) is 0.441. The summed E-state index contributed by atoms with van der Waals surface area (Å²) in [4.78, 5) is 11.6. The van der Waals surface area contributed by atoms with E-state index in [-0.39, 0.29) is 5.91 Å². The van der Waals surface area contributed by atoms with Crippen LogP contribution in [0.3, 0.4) is 0 Å². The first-order valence-corrected chi connectivity index (χ1v) is 5.44. The average molecular weight is 199 g/mol. The number of hydrazine groups is 1. The minimum absolute atomic E-state index is 0.253. The van der Waals surface area contributed by atoms with Crippen molar-refractivity contribution < 1.29 is 4.79 Å². The van der Waals surface area contributed by atoms with Crippen LogP contribution in [0.25, 0.3) is 0 Å². The summed E-state index contributed by atoms with van der Waals surface area (Å²) in [6.45, 7) is 7.48. The van der Waals surface area contributed by atoms with Crippen molar-refractivity contribution in [1.82, 2.24) is 10.0 Å². The molecule has 0 aromatic heterocycles. The van der Waals surface area contributed by atoms with Gasteiger partial charge < -0.3 is 5.73 Å². The summed E-state index contributed by atoms with van der Waals surface area (Å²) in [7, 11) is 0. The molecule has 1 unspecified atom stereocenters. The molecule has 0 saturated carbocycles. The van der Waals surface area contributed by atoms with E-state index in [4.69, 9.17) is 5.73 Å². The number of amides is 1. The molecular formula is C10H21N3O. The summed E-state index contributed by atoms with van der Waals surface area (Å²) in [5, 5.41) is 4.00. The fourth-order valence-electron chi connectivity index (χ4n) is 1.82. The Morgan fingerprint density at radius 1 is 1.57 bits per heavy atom. The van der Waals surface area contributed by atoms with Gasteiger partial charge in [-0.3, -0.25) is 9.80 Å². The van der Waals surface area contributed by atoms with Crippen LogP contribution in [0.5, 0.6) is 0 Å². The van der Waals surface area contributed by atoms with E-state index < -0.39 is 0 Å². The molecule has 0 aliphatic carbocycles. The maximum Gasteiger partial charge on any atom is 0.236 e. The van der Waals surface area contributed by atoms with E-state index in [1.54, 1.807) is 0 Å². The molecule has 4 heteroatoms. The molecular weight excluding hydrogens is 178 g/mol. The van der Waals surface area contributed by atoms with E-state index in [9.17, 15) is 4.79 Å². The number of hydrogen-bond acceptors (Lipinski definition) is 3. The molecule has 1 rings (SSSR count). The van der Waals surface area contributed by atoms with Crippen molar-refractivity contribution in [3.8, 4) is 0 Å². The van der Waals surface area contributed by atoms with E-state index in [0.717, 1.165) is 26.1 Å². The third-order valence-electron chi connectivity index (χ3n) is 2.66. The number of carbonyl (C=O) groups is 1. The molecule has 1 heterocycles. The van der Waals surface area contributed by atoms with Crippen LogP contribution in [0.15, 0.2) is 0 Å². The largest absolute Gasteiger partial charge is 0.330 e. The highest BCUT2D eigenvalue weighted by Crippen LogP contribution is 2.13. The fraction of sp³-hybridized carbons (Fsp3) is 0.900. The average Bonchev–Trinajstić information content (AvgIpc) is 2.18. The van der Waals surface area contributed by atoms with Gasteiger partial charge in [0.15, 0.2) is 0 Å². The monoisotopic (exact) mass is 199 g/mol. The number of rotatable bonds is 4. The Balaban J connectivity index is 2.51. The summed E-state index contributed by atoms with van der Waals surface area (Å²) in [5.74, 6) is 0.706. The highest BCUT2D eigenvalue weighted by molar-refractivity contribution is 5.76. The van der Waals surface area contributed by atoms with Gasteiger partial charge in [0.1, 0.15) is 0 Å². The molecule has 0 aromatic rings. The fourth-order valence-corrected chi connectivity index (χ4v) is 1.82. The summed E-state index contributed by atoms with van der Waals surface area (Å²) in [6, 6.07) is 0. The zero-order valence-electron chi connectivity index (χ0n) is 9.20. The second-order valence-corrected chi connectivity index (χ2v) is 3.97. The van der Waals surface area contributed by atoms with Gasteiger partial charge in [0.05, 0.1) is 0 Å². The summed E-state index contributed by atoms with van der Waals surface area (Å²) >= 11 is 0. The van der Waals surface area contributed by atoms with Gasteiger partial charge in [0.2, 0.25) is 5.91 Å². The third-order valence-corrected chi connectivity index (χ3v) is 2.66. The van der Waals surface area contributed by atoms with E-state index in [1.807, 2.05) is 11.9 Å². The Morgan fingerprint density at radius 2 is 2.29 bits per heavy atom. The van der Waals surface area contributed by atoms with Crippen LogP contribution in [-0.4, -0.2) is 42.1 Å². The molecule has 0 radical (unpaired) electrons. The highest BCUT2D eigenvalue weighted by Gasteiger charge is 2.24. The number of hydrogen-bond donors (Lipinski definition) is 1. The molecule has 82 valence electrons. The second-order valence-electron chi connectivity index (χ2n) is 3.97. The number of nitrogens with zero attached hydrogens (tertiary/aromatic N) is 2. The quantitative estimate of drug-likeness (QED) is 0.715. The lowest BCUT2D eigenvalue weighted by molar-refractivity contribution is -0.155. The maximum absolute atomic E-state index is 11.6. The van der Waals surface area contributed by atoms with Gasteiger partial charge in [-0.1, -0.05) is 6.92 Å². The van der Waals surface area contributed by atoms with Crippen LogP contribution in [0, 0.1) is 5.92 Å². The van der Waals surface area contributed by atoms with Gasteiger partial charge in [-0.25, -0.2) is 5.01 Å². The maximum atomic E-state index is 11.6. The van der Waals surface area contributed by atoms with Crippen molar-refractivity contribution in [2.24, 2.45) is 11.7 Å². The van der Waals surface area contributed by atoms with Crippen LogP contribution in [0.1, 0.15) is 26.7 Å². The van der Waals surface area contributed by atoms with Crippen molar-refractivity contribution in [1.29, 1.82) is 0 Å². The van der Waals surface area contributed by atoms with Crippen LogP contribution in [0.4, 0.5) is 0 Å². The molecule has 1 atom stereocenters. The molecule has 4 nitrogen and oxygen atoms in total. The molecule has 1 fully saturated rings. The molecule has 1 aliphatic heterocycles. The van der Waals surface area contributed by atoms with Gasteiger partial charge in [0, 0.05) is 26.1 Å². The first-order chi connectivity index (χ1) is 6.69. The molecule has 14 heavy (non-hydrogen) atoms. The van der Waals surface area contributed by atoms with E-state index in [1.165, 1.54) is 0 Å². The predicted molar refractivity (Wildman–Crippen MR) is 56.4 cm³/mol. The summed E-state index contributed by atoms with van der Waals surface area (Å²) in [6.07, 6.45) is 1.67. The van der Waals surface area contributed by atoms with E-state index in [2.05, 4.69) is 11.9 Å². The Kier molecular flexibility index (Phi) is 4.35. The van der Waals surface area contributed by atoms with Crippen LogP contribution in [0.2, 0.25) is 0 Å². The molecule has 1 aliphatic rings.